The van der Waals surface area contributed by atoms with Crippen LogP contribution in [0.15, 0.2) is 42.0 Å². The highest BCUT2D eigenvalue weighted by Crippen LogP contribution is 2.33. The van der Waals surface area contributed by atoms with E-state index in [2.05, 4.69) is 57.5 Å². The average Bonchev–Trinajstić information content (AvgIpc) is 2.98. The molecule has 1 fully saturated rings. The fraction of sp³-hybridized carbons (Fsp3) is 0.368. The molecule has 3 heterocycles. The Morgan fingerprint density at radius 1 is 1.13 bits per heavy atom. The number of nitrogens with zero attached hydrogens (tertiary/aromatic N) is 3. The van der Waals surface area contributed by atoms with Crippen molar-refractivity contribution in [3.05, 3.63) is 53.2 Å². The van der Waals surface area contributed by atoms with Gasteiger partial charge in [0.25, 0.3) is 0 Å². The van der Waals surface area contributed by atoms with Gasteiger partial charge in [-0.25, -0.2) is 9.97 Å². The topological polar surface area (TPSA) is 29.0 Å². The van der Waals surface area contributed by atoms with Crippen LogP contribution in [0.4, 0.5) is 5.82 Å². The summed E-state index contributed by atoms with van der Waals surface area (Å²) in [6.07, 6.45) is 5.39. The van der Waals surface area contributed by atoms with Crippen molar-refractivity contribution in [1.29, 1.82) is 0 Å². The number of hydrogen-bond donors (Lipinski definition) is 0. The Hall–Kier alpha value is -1.94. The highest BCUT2D eigenvalue weighted by Gasteiger charge is 2.22. The normalized spacial score (nSPS) is 16.1. The Labute approximate surface area is 141 Å². The van der Waals surface area contributed by atoms with E-state index in [9.17, 15) is 0 Å². The maximum Gasteiger partial charge on any atom is 0.141 e. The van der Waals surface area contributed by atoms with Crippen LogP contribution in [0.25, 0.3) is 10.2 Å². The van der Waals surface area contributed by atoms with Gasteiger partial charge in [-0.05, 0) is 48.6 Å². The van der Waals surface area contributed by atoms with Gasteiger partial charge in [0.05, 0.1) is 5.39 Å². The zero-order valence-corrected chi connectivity index (χ0v) is 14.2. The molecule has 23 heavy (non-hydrogen) atoms. The lowest BCUT2D eigenvalue weighted by Gasteiger charge is -2.33. The third-order valence-electron chi connectivity index (χ3n) is 4.82. The van der Waals surface area contributed by atoms with Crippen molar-refractivity contribution in [2.75, 3.05) is 18.0 Å². The summed E-state index contributed by atoms with van der Waals surface area (Å²) >= 11 is 1.72. The summed E-state index contributed by atoms with van der Waals surface area (Å²) in [4.78, 5) is 12.6. The fourth-order valence-corrected chi connectivity index (χ4v) is 4.42. The molecule has 0 spiro atoms. The van der Waals surface area contributed by atoms with Crippen LogP contribution in [-0.4, -0.2) is 23.1 Å². The Bertz CT molecular complexity index is 789. The van der Waals surface area contributed by atoms with E-state index in [-0.39, 0.29) is 0 Å². The number of thiophene rings is 1. The lowest BCUT2D eigenvalue weighted by molar-refractivity contribution is 0.402. The van der Waals surface area contributed by atoms with Crippen LogP contribution in [0, 0.1) is 12.8 Å². The molecule has 3 nitrogen and oxygen atoms in total. The minimum absolute atomic E-state index is 0.787. The molecular weight excluding hydrogens is 302 g/mol. The summed E-state index contributed by atoms with van der Waals surface area (Å²) in [7, 11) is 0. The molecular formula is C19H21N3S. The lowest BCUT2D eigenvalue weighted by Crippen LogP contribution is -2.35. The number of fused-ring (bicyclic) bond motifs is 1. The SMILES string of the molecule is Cc1csc2ncnc(N3CCC(Cc4ccccc4)CC3)c12. The largest absolute Gasteiger partial charge is 0.356 e. The van der Waals surface area contributed by atoms with Crippen molar-refractivity contribution in [1.82, 2.24) is 9.97 Å². The molecule has 0 radical (unpaired) electrons. The lowest BCUT2D eigenvalue weighted by atomic mass is 9.90. The third kappa shape index (κ3) is 2.95. The second kappa shape index (κ2) is 6.28. The van der Waals surface area contributed by atoms with Crippen molar-refractivity contribution in [2.24, 2.45) is 5.92 Å². The standard InChI is InChI=1S/C19H21N3S/c1-14-12-23-19-17(14)18(20-13-21-19)22-9-7-16(8-10-22)11-15-5-3-2-4-6-15/h2-6,12-13,16H,7-11H2,1H3. The van der Waals surface area contributed by atoms with E-state index in [1.54, 1.807) is 17.7 Å². The van der Waals surface area contributed by atoms with E-state index in [0.29, 0.717) is 0 Å². The van der Waals surface area contributed by atoms with Gasteiger partial charge in [-0.15, -0.1) is 11.3 Å². The third-order valence-corrected chi connectivity index (χ3v) is 5.82. The first-order chi connectivity index (χ1) is 11.3. The number of piperidine rings is 1. The quantitative estimate of drug-likeness (QED) is 0.712. The monoisotopic (exact) mass is 323 g/mol. The van der Waals surface area contributed by atoms with Gasteiger partial charge in [-0.2, -0.15) is 0 Å². The zero-order valence-electron chi connectivity index (χ0n) is 13.4. The maximum atomic E-state index is 4.59. The highest BCUT2D eigenvalue weighted by atomic mass is 32.1. The zero-order chi connectivity index (χ0) is 15.6. The summed E-state index contributed by atoms with van der Waals surface area (Å²) in [5, 5.41) is 3.43. The highest BCUT2D eigenvalue weighted by molar-refractivity contribution is 7.17. The number of anilines is 1. The van der Waals surface area contributed by atoms with Gasteiger partial charge >= 0.3 is 0 Å². The Balaban J connectivity index is 1.48. The van der Waals surface area contributed by atoms with Gasteiger partial charge in [0.1, 0.15) is 17.0 Å². The summed E-state index contributed by atoms with van der Waals surface area (Å²) in [6, 6.07) is 10.9. The molecule has 3 aromatic rings. The van der Waals surface area contributed by atoms with E-state index in [0.717, 1.165) is 29.7 Å². The summed E-state index contributed by atoms with van der Waals surface area (Å²) in [5.74, 6) is 1.92. The van der Waals surface area contributed by atoms with Crippen molar-refractivity contribution < 1.29 is 0 Å². The van der Waals surface area contributed by atoms with E-state index < -0.39 is 0 Å². The van der Waals surface area contributed by atoms with Crippen LogP contribution in [0.1, 0.15) is 24.0 Å². The van der Waals surface area contributed by atoms with Crippen LogP contribution in [-0.2, 0) is 6.42 Å². The summed E-state index contributed by atoms with van der Waals surface area (Å²) in [5.41, 5.74) is 2.76. The van der Waals surface area contributed by atoms with Gasteiger partial charge in [-0.1, -0.05) is 30.3 Å². The number of hydrogen-bond acceptors (Lipinski definition) is 4. The number of benzene rings is 1. The molecule has 4 heteroatoms. The molecule has 1 aliphatic rings. The second-order valence-corrected chi connectivity index (χ2v) is 7.27. The van der Waals surface area contributed by atoms with Crippen LogP contribution >= 0.6 is 11.3 Å². The predicted octanol–water partition coefficient (Wildman–Crippen LogP) is 4.46. The van der Waals surface area contributed by atoms with E-state index in [1.165, 1.54) is 35.8 Å². The molecule has 0 aliphatic carbocycles. The predicted molar refractivity (Wildman–Crippen MR) is 97.2 cm³/mol. The van der Waals surface area contributed by atoms with Gasteiger partial charge in [0, 0.05) is 13.1 Å². The van der Waals surface area contributed by atoms with Crippen LogP contribution in [0.3, 0.4) is 0 Å². The van der Waals surface area contributed by atoms with Gasteiger partial charge in [0.2, 0.25) is 0 Å². The van der Waals surface area contributed by atoms with Gasteiger partial charge in [0.15, 0.2) is 0 Å². The minimum Gasteiger partial charge on any atom is -0.356 e. The molecule has 2 aromatic heterocycles. The molecule has 0 N–H and O–H groups in total. The van der Waals surface area contributed by atoms with Crippen LogP contribution in [0.2, 0.25) is 0 Å². The van der Waals surface area contributed by atoms with Crippen molar-refractivity contribution >= 4 is 27.4 Å². The second-order valence-electron chi connectivity index (χ2n) is 6.42. The summed E-state index contributed by atoms with van der Waals surface area (Å²) in [6.45, 7) is 4.35. The van der Waals surface area contributed by atoms with Crippen LogP contribution < -0.4 is 4.90 Å². The molecule has 0 atom stereocenters. The van der Waals surface area contributed by atoms with E-state index in [1.807, 2.05) is 0 Å². The molecule has 1 aliphatic heterocycles. The van der Waals surface area contributed by atoms with Crippen molar-refractivity contribution in [3.8, 4) is 0 Å². The molecule has 118 valence electrons. The first kappa shape index (κ1) is 14.6. The number of aromatic nitrogens is 2. The van der Waals surface area contributed by atoms with Crippen molar-refractivity contribution in [3.63, 3.8) is 0 Å². The molecule has 0 saturated carbocycles. The molecule has 0 unspecified atom stereocenters. The smallest absolute Gasteiger partial charge is 0.141 e. The fourth-order valence-electron chi connectivity index (χ4n) is 3.53. The minimum atomic E-state index is 0.787. The Morgan fingerprint density at radius 3 is 2.70 bits per heavy atom. The van der Waals surface area contributed by atoms with Crippen LogP contribution in [0.5, 0.6) is 0 Å². The molecule has 1 aromatic carbocycles. The Morgan fingerprint density at radius 2 is 1.91 bits per heavy atom. The first-order valence-electron chi connectivity index (χ1n) is 8.29. The Kier molecular flexibility index (Phi) is 4.00. The first-order valence-corrected chi connectivity index (χ1v) is 9.17. The van der Waals surface area contributed by atoms with Crippen molar-refractivity contribution in [2.45, 2.75) is 26.2 Å². The average molecular weight is 323 g/mol. The molecule has 0 amide bonds. The van der Waals surface area contributed by atoms with E-state index >= 15 is 0 Å². The maximum absolute atomic E-state index is 4.59. The number of rotatable bonds is 3. The molecule has 4 rings (SSSR count). The molecule has 0 bridgehead atoms. The summed E-state index contributed by atoms with van der Waals surface area (Å²) < 4.78 is 0. The number of aryl methyl sites for hydroxylation is 1. The molecule has 1 saturated heterocycles. The van der Waals surface area contributed by atoms with Gasteiger partial charge in [-0.3, -0.25) is 0 Å². The van der Waals surface area contributed by atoms with E-state index in [4.69, 9.17) is 0 Å². The van der Waals surface area contributed by atoms with Gasteiger partial charge < -0.3 is 4.90 Å².